The third-order valence-electron chi connectivity index (χ3n) is 5.68. The molecule has 30 heavy (non-hydrogen) atoms. The Labute approximate surface area is 176 Å². The van der Waals surface area contributed by atoms with Crippen LogP contribution in [0.5, 0.6) is 0 Å². The molecule has 3 amide bonds. The van der Waals surface area contributed by atoms with E-state index in [1.807, 2.05) is 30.3 Å². The van der Waals surface area contributed by atoms with Crippen LogP contribution in [0.3, 0.4) is 0 Å². The van der Waals surface area contributed by atoms with Crippen LogP contribution in [-0.2, 0) is 23.9 Å². The Kier molecular flexibility index (Phi) is 7.07. The highest BCUT2D eigenvalue weighted by molar-refractivity contribution is 6.00. The quantitative estimate of drug-likeness (QED) is 0.654. The van der Waals surface area contributed by atoms with Gasteiger partial charge in [-0.1, -0.05) is 18.2 Å². The van der Waals surface area contributed by atoms with Crippen molar-refractivity contribution in [2.75, 3.05) is 44.7 Å². The van der Waals surface area contributed by atoms with Crippen LogP contribution >= 0.6 is 0 Å². The molecule has 2 unspecified atom stereocenters. The van der Waals surface area contributed by atoms with E-state index in [1.165, 1.54) is 4.90 Å². The summed E-state index contributed by atoms with van der Waals surface area (Å²) in [6, 6.07) is 9.26. The van der Waals surface area contributed by atoms with E-state index in [2.05, 4.69) is 0 Å². The molecule has 0 aliphatic carbocycles. The normalized spacial score (nSPS) is 21.5. The van der Waals surface area contributed by atoms with Gasteiger partial charge in [-0.3, -0.25) is 19.2 Å². The first-order chi connectivity index (χ1) is 14.4. The van der Waals surface area contributed by atoms with Crippen molar-refractivity contribution in [3.63, 3.8) is 0 Å². The second kappa shape index (κ2) is 9.73. The zero-order valence-corrected chi connectivity index (χ0v) is 17.6. The average Bonchev–Trinajstić information content (AvgIpc) is 3.15. The Morgan fingerprint density at radius 2 is 1.87 bits per heavy atom. The molecular formula is C22H29N3O5. The Hall–Kier alpha value is -2.90. The number of carbonyl (C=O) groups excluding carboxylic acids is 4. The van der Waals surface area contributed by atoms with Crippen molar-refractivity contribution in [3.8, 4) is 0 Å². The molecule has 2 aliphatic heterocycles. The number of carbonyl (C=O) groups is 4. The second-order valence-electron chi connectivity index (χ2n) is 7.87. The molecule has 8 nitrogen and oxygen atoms in total. The van der Waals surface area contributed by atoms with Gasteiger partial charge in [0.05, 0.1) is 25.0 Å². The number of para-hydroxylation sites is 1. The minimum Gasteiger partial charge on any atom is -0.466 e. The first-order valence-electron chi connectivity index (χ1n) is 10.5. The standard InChI is InChI=1S/C22H29N3O5/c1-3-30-22(29)16-8-7-11-24(13-16)20(27)15-23(2)21(28)17-12-19(26)25(14-17)18-9-5-4-6-10-18/h4-6,9-10,16-17H,3,7-8,11-15H2,1-2H3. The lowest BCUT2D eigenvalue weighted by Gasteiger charge is -2.33. The molecule has 8 heteroatoms. The van der Waals surface area contributed by atoms with Gasteiger partial charge in [0.25, 0.3) is 0 Å². The molecule has 0 N–H and O–H groups in total. The molecule has 2 aliphatic rings. The third kappa shape index (κ3) is 4.98. The van der Waals surface area contributed by atoms with Crippen molar-refractivity contribution >= 4 is 29.4 Å². The SMILES string of the molecule is CCOC(=O)C1CCCN(C(=O)CN(C)C(=O)C2CC(=O)N(c3ccccc3)C2)C1. The highest BCUT2D eigenvalue weighted by atomic mass is 16.5. The first kappa shape index (κ1) is 21.8. The van der Waals surface area contributed by atoms with Gasteiger partial charge in [-0.15, -0.1) is 0 Å². The maximum absolute atomic E-state index is 12.8. The summed E-state index contributed by atoms with van der Waals surface area (Å²) in [5, 5.41) is 0. The molecule has 2 heterocycles. The van der Waals surface area contributed by atoms with Crippen LogP contribution in [0.2, 0.25) is 0 Å². The van der Waals surface area contributed by atoms with Crippen molar-refractivity contribution < 1.29 is 23.9 Å². The van der Waals surface area contributed by atoms with Crippen LogP contribution in [0, 0.1) is 11.8 Å². The van der Waals surface area contributed by atoms with Gasteiger partial charge in [0, 0.05) is 38.8 Å². The summed E-state index contributed by atoms with van der Waals surface area (Å²) in [4.78, 5) is 54.6. The number of piperidine rings is 1. The summed E-state index contributed by atoms with van der Waals surface area (Å²) < 4.78 is 5.07. The molecule has 0 aromatic heterocycles. The number of ether oxygens (including phenoxy) is 1. The van der Waals surface area contributed by atoms with E-state index in [4.69, 9.17) is 4.74 Å². The Morgan fingerprint density at radius 1 is 1.13 bits per heavy atom. The number of hydrogen-bond donors (Lipinski definition) is 0. The number of rotatable bonds is 6. The van der Waals surface area contributed by atoms with E-state index in [0.717, 1.165) is 12.1 Å². The van der Waals surface area contributed by atoms with Crippen LogP contribution in [0.25, 0.3) is 0 Å². The predicted octanol–water partition coefficient (Wildman–Crippen LogP) is 1.30. The summed E-state index contributed by atoms with van der Waals surface area (Å²) in [6.45, 7) is 3.22. The number of nitrogens with zero attached hydrogens (tertiary/aromatic N) is 3. The van der Waals surface area contributed by atoms with Crippen LogP contribution in [0.15, 0.2) is 30.3 Å². The van der Waals surface area contributed by atoms with Gasteiger partial charge in [0.1, 0.15) is 0 Å². The molecule has 0 radical (unpaired) electrons. The maximum atomic E-state index is 12.8. The van der Waals surface area contributed by atoms with Gasteiger partial charge in [0.15, 0.2) is 0 Å². The van der Waals surface area contributed by atoms with E-state index < -0.39 is 5.92 Å². The van der Waals surface area contributed by atoms with Crippen molar-refractivity contribution in [3.05, 3.63) is 30.3 Å². The van der Waals surface area contributed by atoms with Crippen LogP contribution in [0.4, 0.5) is 5.69 Å². The smallest absolute Gasteiger partial charge is 0.310 e. The summed E-state index contributed by atoms with van der Waals surface area (Å²) in [7, 11) is 1.59. The van der Waals surface area contributed by atoms with E-state index in [0.29, 0.717) is 32.7 Å². The first-order valence-corrected chi connectivity index (χ1v) is 10.5. The van der Waals surface area contributed by atoms with E-state index in [9.17, 15) is 19.2 Å². The van der Waals surface area contributed by atoms with Crippen molar-refractivity contribution in [2.45, 2.75) is 26.2 Å². The number of esters is 1. The van der Waals surface area contributed by atoms with E-state index in [-0.39, 0.29) is 42.6 Å². The summed E-state index contributed by atoms with van der Waals surface area (Å²) in [5.74, 6) is -1.55. The fourth-order valence-electron chi connectivity index (χ4n) is 4.08. The summed E-state index contributed by atoms with van der Waals surface area (Å²) in [5.41, 5.74) is 0.773. The molecule has 0 saturated carbocycles. The van der Waals surface area contributed by atoms with Gasteiger partial charge in [-0.25, -0.2) is 0 Å². The molecule has 2 saturated heterocycles. The molecule has 0 bridgehead atoms. The highest BCUT2D eigenvalue weighted by Gasteiger charge is 2.37. The molecule has 3 rings (SSSR count). The maximum Gasteiger partial charge on any atom is 0.310 e. The average molecular weight is 415 g/mol. The second-order valence-corrected chi connectivity index (χ2v) is 7.87. The van der Waals surface area contributed by atoms with Crippen molar-refractivity contribution in [1.82, 2.24) is 9.80 Å². The topological polar surface area (TPSA) is 87.2 Å². The number of likely N-dealkylation sites (N-methyl/N-ethyl adjacent to an activating group) is 1. The van der Waals surface area contributed by atoms with E-state index >= 15 is 0 Å². The third-order valence-corrected chi connectivity index (χ3v) is 5.68. The molecule has 2 fully saturated rings. The van der Waals surface area contributed by atoms with Gasteiger partial charge in [-0.2, -0.15) is 0 Å². The summed E-state index contributed by atoms with van der Waals surface area (Å²) in [6.07, 6.45) is 1.58. The Bertz CT molecular complexity index is 797. The van der Waals surface area contributed by atoms with Crippen LogP contribution in [-0.4, -0.2) is 73.3 Å². The Balaban J connectivity index is 1.54. The number of anilines is 1. The zero-order valence-electron chi connectivity index (χ0n) is 17.6. The molecule has 1 aromatic rings. The minimum atomic E-state index is -0.468. The lowest BCUT2D eigenvalue weighted by Crippen LogP contribution is -2.48. The lowest BCUT2D eigenvalue weighted by molar-refractivity contribution is -0.152. The zero-order chi connectivity index (χ0) is 21.7. The number of amides is 3. The fraction of sp³-hybridized carbons (Fsp3) is 0.545. The Morgan fingerprint density at radius 3 is 2.57 bits per heavy atom. The largest absolute Gasteiger partial charge is 0.466 e. The summed E-state index contributed by atoms with van der Waals surface area (Å²) >= 11 is 0. The van der Waals surface area contributed by atoms with Crippen molar-refractivity contribution in [1.29, 1.82) is 0 Å². The van der Waals surface area contributed by atoms with Gasteiger partial charge in [0.2, 0.25) is 17.7 Å². The van der Waals surface area contributed by atoms with Gasteiger partial charge >= 0.3 is 5.97 Å². The number of hydrogen-bond acceptors (Lipinski definition) is 5. The highest BCUT2D eigenvalue weighted by Crippen LogP contribution is 2.26. The van der Waals surface area contributed by atoms with Gasteiger partial charge in [-0.05, 0) is 31.9 Å². The number of likely N-dealkylation sites (tertiary alicyclic amines) is 1. The van der Waals surface area contributed by atoms with Crippen LogP contribution < -0.4 is 4.90 Å². The molecule has 1 aromatic carbocycles. The number of benzene rings is 1. The predicted molar refractivity (Wildman–Crippen MR) is 110 cm³/mol. The lowest BCUT2D eigenvalue weighted by atomic mass is 9.98. The van der Waals surface area contributed by atoms with Crippen LogP contribution in [0.1, 0.15) is 26.2 Å². The molecular weight excluding hydrogens is 386 g/mol. The monoisotopic (exact) mass is 415 g/mol. The van der Waals surface area contributed by atoms with Gasteiger partial charge < -0.3 is 19.4 Å². The fourth-order valence-corrected chi connectivity index (χ4v) is 4.08. The molecule has 2 atom stereocenters. The molecule has 0 spiro atoms. The van der Waals surface area contributed by atoms with E-state index in [1.54, 1.807) is 23.8 Å². The van der Waals surface area contributed by atoms with Crippen molar-refractivity contribution in [2.24, 2.45) is 11.8 Å². The minimum absolute atomic E-state index is 0.0651. The molecule has 162 valence electrons.